The second-order valence-corrected chi connectivity index (χ2v) is 4.76. The van der Waals surface area contributed by atoms with Crippen LogP contribution >= 0.6 is 0 Å². The predicted molar refractivity (Wildman–Crippen MR) is 80.7 cm³/mol. The van der Waals surface area contributed by atoms with Crippen LogP contribution in [-0.4, -0.2) is 18.5 Å². The number of carbonyl (C=O) groups excluding carboxylic acids is 2. The Bertz CT molecular complexity index is 596. The Morgan fingerprint density at radius 3 is 2.59 bits per heavy atom. The summed E-state index contributed by atoms with van der Waals surface area (Å²) in [4.78, 5) is 23.9. The Morgan fingerprint density at radius 1 is 1.18 bits per heavy atom. The number of imide groups is 1. The second-order valence-electron chi connectivity index (χ2n) is 4.76. The van der Waals surface area contributed by atoms with Crippen molar-refractivity contribution in [1.82, 2.24) is 10.6 Å². The fourth-order valence-corrected chi connectivity index (χ4v) is 2.11. The van der Waals surface area contributed by atoms with Crippen LogP contribution < -0.4 is 16.0 Å². The number of benzene rings is 1. The molecule has 0 aliphatic rings. The molecule has 116 valence electrons. The van der Waals surface area contributed by atoms with Crippen molar-refractivity contribution >= 4 is 11.9 Å². The van der Waals surface area contributed by atoms with Gasteiger partial charge < -0.3 is 15.1 Å². The minimum absolute atomic E-state index is 0.358. The molecule has 0 unspecified atom stereocenters. The molecule has 2 rings (SSSR count). The van der Waals surface area contributed by atoms with E-state index in [0.29, 0.717) is 13.1 Å². The Labute approximate surface area is 128 Å². The molecule has 1 aromatic heterocycles. The standard InChI is InChI=1S/C16H19N3O3/c1-2-17-16(21)19-15(20)14(12-7-4-3-5-8-12)18-11-13-9-6-10-22-13/h3-10,14,18H,2,11H2,1H3,(H2,17,19,20,21)/p+1/t14-/m0/s1. The SMILES string of the molecule is CCNC(=O)NC(=O)[C@@H]([NH2+]Cc1ccco1)c1ccccc1. The van der Waals surface area contributed by atoms with Crippen LogP contribution in [0.2, 0.25) is 0 Å². The maximum atomic E-state index is 12.4. The summed E-state index contributed by atoms with van der Waals surface area (Å²) in [6.45, 7) is 2.77. The van der Waals surface area contributed by atoms with E-state index in [9.17, 15) is 9.59 Å². The van der Waals surface area contributed by atoms with Crippen molar-refractivity contribution in [3.05, 3.63) is 60.1 Å². The third-order valence-electron chi connectivity index (χ3n) is 3.15. The average Bonchev–Trinajstić information content (AvgIpc) is 3.02. The largest absolute Gasteiger partial charge is 0.463 e. The summed E-state index contributed by atoms with van der Waals surface area (Å²) >= 11 is 0. The Kier molecular flexibility index (Phi) is 5.73. The lowest BCUT2D eigenvalue weighted by atomic mass is 10.1. The molecule has 0 radical (unpaired) electrons. The number of furan rings is 1. The van der Waals surface area contributed by atoms with Gasteiger partial charge in [-0.2, -0.15) is 0 Å². The van der Waals surface area contributed by atoms with Crippen molar-refractivity contribution in [2.75, 3.05) is 6.54 Å². The molecule has 3 amide bonds. The van der Waals surface area contributed by atoms with Gasteiger partial charge in [-0.15, -0.1) is 0 Å². The van der Waals surface area contributed by atoms with Crippen LogP contribution in [0.3, 0.4) is 0 Å². The van der Waals surface area contributed by atoms with E-state index in [0.717, 1.165) is 11.3 Å². The number of urea groups is 1. The molecule has 6 nitrogen and oxygen atoms in total. The first-order valence-electron chi connectivity index (χ1n) is 7.20. The van der Waals surface area contributed by atoms with E-state index >= 15 is 0 Å². The molecule has 0 saturated heterocycles. The van der Waals surface area contributed by atoms with Crippen LogP contribution in [0.4, 0.5) is 4.79 Å². The normalized spacial score (nSPS) is 11.7. The Hall–Kier alpha value is -2.60. The molecule has 0 aliphatic heterocycles. The highest BCUT2D eigenvalue weighted by atomic mass is 16.3. The van der Waals surface area contributed by atoms with Crippen molar-refractivity contribution in [2.45, 2.75) is 19.5 Å². The van der Waals surface area contributed by atoms with Gasteiger partial charge in [0.2, 0.25) is 0 Å². The zero-order valence-electron chi connectivity index (χ0n) is 12.4. The number of quaternary nitrogens is 1. The first kappa shape index (κ1) is 15.8. The number of nitrogens with two attached hydrogens (primary N) is 1. The highest BCUT2D eigenvalue weighted by molar-refractivity contribution is 5.96. The molecule has 6 heteroatoms. The van der Waals surface area contributed by atoms with Gasteiger partial charge in [-0.05, 0) is 19.1 Å². The number of nitrogens with one attached hydrogen (secondary N) is 2. The molecule has 22 heavy (non-hydrogen) atoms. The maximum Gasteiger partial charge on any atom is 0.321 e. The fraction of sp³-hybridized carbons (Fsp3) is 0.250. The molecule has 1 heterocycles. The van der Waals surface area contributed by atoms with Gasteiger partial charge >= 0.3 is 6.03 Å². The van der Waals surface area contributed by atoms with Crippen molar-refractivity contribution in [2.24, 2.45) is 0 Å². The van der Waals surface area contributed by atoms with E-state index in [1.165, 1.54) is 0 Å². The van der Waals surface area contributed by atoms with Crippen LogP contribution in [0.25, 0.3) is 0 Å². The van der Waals surface area contributed by atoms with Gasteiger partial charge in [-0.25, -0.2) is 4.79 Å². The van der Waals surface area contributed by atoms with Gasteiger partial charge in [-0.3, -0.25) is 10.1 Å². The smallest absolute Gasteiger partial charge is 0.321 e. The first-order valence-corrected chi connectivity index (χ1v) is 7.20. The molecule has 4 N–H and O–H groups in total. The quantitative estimate of drug-likeness (QED) is 0.742. The third-order valence-corrected chi connectivity index (χ3v) is 3.15. The van der Waals surface area contributed by atoms with E-state index in [-0.39, 0.29) is 5.91 Å². The first-order chi connectivity index (χ1) is 10.7. The van der Waals surface area contributed by atoms with E-state index in [4.69, 9.17) is 4.42 Å². The molecular weight excluding hydrogens is 282 g/mol. The predicted octanol–water partition coefficient (Wildman–Crippen LogP) is 0.930. The highest BCUT2D eigenvalue weighted by Crippen LogP contribution is 2.09. The zero-order valence-corrected chi connectivity index (χ0v) is 12.4. The van der Waals surface area contributed by atoms with E-state index in [2.05, 4.69) is 10.6 Å². The number of amides is 3. The van der Waals surface area contributed by atoms with Crippen LogP contribution in [0.1, 0.15) is 24.3 Å². The van der Waals surface area contributed by atoms with Crippen LogP contribution in [0.15, 0.2) is 53.1 Å². The molecule has 2 aromatic rings. The van der Waals surface area contributed by atoms with Crippen LogP contribution in [0, 0.1) is 0 Å². The molecule has 1 atom stereocenters. The van der Waals surface area contributed by atoms with Gasteiger partial charge in [0.25, 0.3) is 5.91 Å². The average molecular weight is 302 g/mol. The summed E-state index contributed by atoms with van der Waals surface area (Å²) in [7, 11) is 0. The molecule has 0 spiro atoms. The van der Waals surface area contributed by atoms with Crippen LogP contribution in [-0.2, 0) is 11.3 Å². The molecule has 0 fully saturated rings. The number of carbonyl (C=O) groups is 2. The van der Waals surface area contributed by atoms with Gasteiger partial charge in [-0.1, -0.05) is 30.3 Å². The summed E-state index contributed by atoms with van der Waals surface area (Å²) in [5.41, 5.74) is 0.829. The number of rotatable bonds is 6. The highest BCUT2D eigenvalue weighted by Gasteiger charge is 2.25. The lowest BCUT2D eigenvalue weighted by Crippen LogP contribution is -2.86. The monoisotopic (exact) mass is 302 g/mol. The Morgan fingerprint density at radius 2 is 1.95 bits per heavy atom. The minimum Gasteiger partial charge on any atom is -0.463 e. The lowest BCUT2D eigenvalue weighted by Gasteiger charge is -2.15. The molecule has 0 saturated carbocycles. The molecular formula is C16H20N3O3+. The van der Waals surface area contributed by atoms with Crippen molar-refractivity contribution < 1.29 is 19.3 Å². The van der Waals surface area contributed by atoms with Gasteiger partial charge in [0, 0.05) is 12.1 Å². The van der Waals surface area contributed by atoms with E-state index in [1.807, 2.05) is 41.7 Å². The molecule has 1 aromatic carbocycles. The fourth-order valence-electron chi connectivity index (χ4n) is 2.11. The van der Waals surface area contributed by atoms with Crippen molar-refractivity contribution in [3.63, 3.8) is 0 Å². The summed E-state index contributed by atoms with van der Waals surface area (Å²) in [6.07, 6.45) is 1.59. The second kappa shape index (κ2) is 7.99. The van der Waals surface area contributed by atoms with Crippen molar-refractivity contribution in [1.29, 1.82) is 0 Å². The summed E-state index contributed by atoms with van der Waals surface area (Å²) in [5.74, 6) is 0.412. The topological polar surface area (TPSA) is 88.0 Å². The summed E-state index contributed by atoms with van der Waals surface area (Å²) in [6, 6.07) is 12.0. The lowest BCUT2D eigenvalue weighted by molar-refractivity contribution is -0.699. The number of hydrogen-bond acceptors (Lipinski definition) is 3. The maximum absolute atomic E-state index is 12.4. The van der Waals surface area contributed by atoms with Gasteiger partial charge in [0.15, 0.2) is 11.8 Å². The van der Waals surface area contributed by atoms with E-state index in [1.54, 1.807) is 19.3 Å². The summed E-state index contributed by atoms with van der Waals surface area (Å²) in [5, 5.41) is 6.74. The minimum atomic E-state index is -0.520. The Balaban J connectivity index is 2.07. The van der Waals surface area contributed by atoms with Crippen molar-refractivity contribution in [3.8, 4) is 0 Å². The van der Waals surface area contributed by atoms with E-state index < -0.39 is 12.1 Å². The van der Waals surface area contributed by atoms with Gasteiger partial charge in [0.05, 0.1) is 6.26 Å². The van der Waals surface area contributed by atoms with Crippen LogP contribution in [0.5, 0.6) is 0 Å². The third kappa shape index (κ3) is 4.46. The number of hydrogen-bond donors (Lipinski definition) is 3. The molecule has 0 aliphatic carbocycles. The zero-order chi connectivity index (χ0) is 15.8. The van der Waals surface area contributed by atoms with Gasteiger partial charge in [0.1, 0.15) is 6.54 Å². The summed E-state index contributed by atoms with van der Waals surface area (Å²) < 4.78 is 5.28. The molecule has 0 bridgehead atoms.